The van der Waals surface area contributed by atoms with E-state index in [0.29, 0.717) is 0 Å². The lowest BCUT2D eigenvalue weighted by atomic mass is 9.89. The lowest BCUT2D eigenvalue weighted by molar-refractivity contribution is 0.548. The number of fused-ring (bicyclic) bond motifs is 1. The van der Waals surface area contributed by atoms with Crippen LogP contribution in [0.3, 0.4) is 0 Å². The fraction of sp³-hybridized carbons (Fsp3) is 0.400. The van der Waals surface area contributed by atoms with Gasteiger partial charge in [-0.05, 0) is 66.5 Å². The van der Waals surface area contributed by atoms with Gasteiger partial charge in [0.1, 0.15) is 0 Å². The van der Waals surface area contributed by atoms with Crippen LogP contribution < -0.4 is 4.72 Å². The number of nitrogens with one attached hydrogen (secondary N) is 1. The minimum atomic E-state index is -3.40. The predicted molar refractivity (Wildman–Crippen MR) is 106 cm³/mol. The maximum atomic E-state index is 12.6. The van der Waals surface area contributed by atoms with Crippen LogP contribution in [-0.4, -0.2) is 8.42 Å². The van der Waals surface area contributed by atoms with Crippen LogP contribution in [0.25, 0.3) is 0 Å². The summed E-state index contributed by atoms with van der Waals surface area (Å²) in [4.78, 5) is 0. The molecule has 0 saturated heterocycles. The number of sulfonamides is 1. The third kappa shape index (κ3) is 4.93. The maximum absolute atomic E-state index is 12.6. The molecule has 0 bridgehead atoms. The summed E-state index contributed by atoms with van der Waals surface area (Å²) in [5.41, 5.74) is 4.65. The Bertz CT molecular complexity index is 849. The number of hydrogen-bond acceptors (Lipinski definition) is 2. The van der Waals surface area contributed by atoms with Crippen molar-refractivity contribution >= 4 is 26.0 Å². The molecule has 2 aromatic carbocycles. The molecule has 1 aliphatic rings. The second-order valence-corrected chi connectivity index (χ2v) is 9.37. The van der Waals surface area contributed by atoms with Crippen LogP contribution in [0, 0.1) is 0 Å². The zero-order valence-corrected chi connectivity index (χ0v) is 16.9. The first-order valence-electron chi connectivity index (χ1n) is 8.83. The van der Waals surface area contributed by atoms with E-state index in [0.717, 1.165) is 34.9 Å². The Hall–Kier alpha value is -1.17. The fourth-order valence-electron chi connectivity index (χ4n) is 3.46. The van der Waals surface area contributed by atoms with E-state index < -0.39 is 10.0 Å². The van der Waals surface area contributed by atoms with Gasteiger partial charge in [0, 0.05) is 10.5 Å². The molecule has 0 amide bonds. The number of benzene rings is 2. The van der Waals surface area contributed by atoms with Crippen LogP contribution in [-0.2, 0) is 28.6 Å². The Morgan fingerprint density at radius 1 is 1.08 bits per heavy atom. The van der Waals surface area contributed by atoms with Crippen LogP contribution in [0.5, 0.6) is 0 Å². The Morgan fingerprint density at radius 3 is 2.56 bits per heavy atom. The number of aryl methyl sites for hydroxylation is 2. The van der Waals surface area contributed by atoms with E-state index in [1.807, 2.05) is 31.2 Å². The van der Waals surface area contributed by atoms with Crippen LogP contribution in [0.4, 0.5) is 0 Å². The summed E-state index contributed by atoms with van der Waals surface area (Å²) in [5, 5.41) is 0. The predicted octanol–water partition coefficient (Wildman–Crippen LogP) is 4.90. The van der Waals surface area contributed by atoms with E-state index in [1.54, 1.807) is 0 Å². The van der Waals surface area contributed by atoms with E-state index in [-0.39, 0.29) is 11.8 Å². The molecular formula is C20H24BrNO2S. The highest BCUT2D eigenvalue weighted by Gasteiger charge is 2.20. The van der Waals surface area contributed by atoms with E-state index in [9.17, 15) is 8.42 Å². The molecule has 1 atom stereocenters. The highest BCUT2D eigenvalue weighted by Crippen LogP contribution is 2.26. The SMILES string of the molecule is CC[C@H](NS(=O)(=O)Cc1cccc(Br)c1)c1ccc2c(c1)CCCC2. The molecule has 0 radical (unpaired) electrons. The van der Waals surface area contributed by atoms with Gasteiger partial charge in [-0.3, -0.25) is 0 Å². The fourth-order valence-corrected chi connectivity index (χ4v) is 5.35. The molecule has 134 valence electrons. The summed E-state index contributed by atoms with van der Waals surface area (Å²) in [6.07, 6.45) is 5.45. The number of hydrogen-bond donors (Lipinski definition) is 1. The summed E-state index contributed by atoms with van der Waals surface area (Å²) in [6, 6.07) is 13.7. The van der Waals surface area contributed by atoms with E-state index in [2.05, 4.69) is 38.9 Å². The van der Waals surface area contributed by atoms with Gasteiger partial charge in [0.25, 0.3) is 0 Å². The summed E-state index contributed by atoms with van der Waals surface area (Å²) in [6.45, 7) is 2.02. The van der Waals surface area contributed by atoms with E-state index in [4.69, 9.17) is 0 Å². The van der Waals surface area contributed by atoms with Crippen molar-refractivity contribution in [2.45, 2.75) is 50.8 Å². The average Bonchev–Trinajstić information content (AvgIpc) is 2.59. The monoisotopic (exact) mass is 421 g/mol. The van der Waals surface area contributed by atoms with Crippen molar-refractivity contribution < 1.29 is 8.42 Å². The van der Waals surface area contributed by atoms with Gasteiger partial charge in [-0.1, -0.05) is 53.2 Å². The standard InChI is InChI=1S/C20H24BrNO2S/c1-2-20(18-11-10-16-7-3-4-8-17(16)13-18)22-25(23,24)14-15-6-5-9-19(21)12-15/h5-6,9-13,20,22H,2-4,7-8,14H2,1H3/t20-/m0/s1. The van der Waals surface area contributed by atoms with Crippen molar-refractivity contribution in [1.29, 1.82) is 0 Å². The highest BCUT2D eigenvalue weighted by molar-refractivity contribution is 9.10. The topological polar surface area (TPSA) is 46.2 Å². The van der Waals surface area contributed by atoms with Crippen LogP contribution in [0.1, 0.15) is 54.5 Å². The smallest absolute Gasteiger partial charge is 0.212 e. The zero-order chi connectivity index (χ0) is 17.9. The third-order valence-electron chi connectivity index (χ3n) is 4.75. The van der Waals surface area contributed by atoms with Gasteiger partial charge in [-0.25, -0.2) is 13.1 Å². The van der Waals surface area contributed by atoms with E-state index >= 15 is 0 Å². The number of halogens is 1. The van der Waals surface area contributed by atoms with Crippen molar-refractivity contribution in [3.63, 3.8) is 0 Å². The maximum Gasteiger partial charge on any atom is 0.216 e. The molecule has 0 unspecified atom stereocenters. The first-order valence-corrected chi connectivity index (χ1v) is 11.3. The zero-order valence-electron chi connectivity index (χ0n) is 14.5. The summed E-state index contributed by atoms with van der Waals surface area (Å²) >= 11 is 3.39. The lowest BCUT2D eigenvalue weighted by Crippen LogP contribution is -2.29. The Morgan fingerprint density at radius 2 is 1.84 bits per heavy atom. The first kappa shape index (κ1) is 18.6. The second-order valence-electron chi connectivity index (χ2n) is 6.70. The molecule has 25 heavy (non-hydrogen) atoms. The van der Waals surface area contributed by atoms with Crippen molar-refractivity contribution in [2.24, 2.45) is 0 Å². The minimum Gasteiger partial charge on any atom is -0.212 e. The second kappa shape index (κ2) is 8.02. The summed E-state index contributed by atoms with van der Waals surface area (Å²) in [7, 11) is -3.40. The van der Waals surface area contributed by atoms with Crippen molar-refractivity contribution in [2.75, 3.05) is 0 Å². The Labute approximate surface area is 159 Å². The van der Waals surface area contributed by atoms with E-state index in [1.165, 1.54) is 24.0 Å². The molecule has 5 heteroatoms. The summed E-state index contributed by atoms with van der Waals surface area (Å²) < 4.78 is 29.0. The lowest BCUT2D eigenvalue weighted by Gasteiger charge is -2.21. The Balaban J connectivity index is 1.77. The van der Waals surface area contributed by atoms with Crippen LogP contribution in [0.2, 0.25) is 0 Å². The van der Waals surface area contributed by atoms with Gasteiger partial charge >= 0.3 is 0 Å². The molecule has 1 N–H and O–H groups in total. The number of rotatable bonds is 6. The van der Waals surface area contributed by atoms with Crippen molar-refractivity contribution in [3.05, 3.63) is 69.2 Å². The molecule has 3 nitrogen and oxygen atoms in total. The first-order chi connectivity index (χ1) is 12.0. The average molecular weight is 422 g/mol. The molecular weight excluding hydrogens is 398 g/mol. The molecule has 0 spiro atoms. The molecule has 2 aromatic rings. The largest absolute Gasteiger partial charge is 0.216 e. The molecule has 0 aliphatic heterocycles. The Kier molecular flexibility index (Phi) is 5.97. The van der Waals surface area contributed by atoms with Gasteiger partial charge in [0.05, 0.1) is 5.75 Å². The van der Waals surface area contributed by atoms with Crippen molar-refractivity contribution in [3.8, 4) is 0 Å². The van der Waals surface area contributed by atoms with Gasteiger partial charge in [-0.15, -0.1) is 0 Å². The van der Waals surface area contributed by atoms with Gasteiger partial charge in [-0.2, -0.15) is 0 Å². The molecule has 0 aromatic heterocycles. The molecule has 0 saturated carbocycles. The van der Waals surface area contributed by atoms with Crippen molar-refractivity contribution in [1.82, 2.24) is 4.72 Å². The van der Waals surface area contributed by atoms with Crippen LogP contribution >= 0.6 is 15.9 Å². The highest BCUT2D eigenvalue weighted by atomic mass is 79.9. The van der Waals surface area contributed by atoms with Gasteiger partial charge in [0.15, 0.2) is 0 Å². The molecule has 0 heterocycles. The molecule has 0 fully saturated rings. The third-order valence-corrected chi connectivity index (χ3v) is 6.60. The summed E-state index contributed by atoms with van der Waals surface area (Å²) in [5.74, 6) is -0.00607. The molecule has 3 rings (SSSR count). The minimum absolute atomic E-state index is 0.00607. The molecule has 1 aliphatic carbocycles. The normalized spacial score (nSPS) is 15.6. The van der Waals surface area contributed by atoms with Gasteiger partial charge in [0.2, 0.25) is 10.0 Å². The quantitative estimate of drug-likeness (QED) is 0.720. The van der Waals surface area contributed by atoms with Gasteiger partial charge < -0.3 is 0 Å². The van der Waals surface area contributed by atoms with Crippen LogP contribution in [0.15, 0.2) is 46.9 Å².